The SMILES string of the molecule is [C-]#[N+]CC1CCN(c2ccc(N3C[C@H](CNC(C)=O)OC3=O)cc2)CC1. The zero-order valence-corrected chi connectivity index (χ0v) is 15.0. The first-order chi connectivity index (χ1) is 12.6. The van der Waals surface area contributed by atoms with Gasteiger partial charge < -0.3 is 19.8 Å². The maximum Gasteiger partial charge on any atom is 0.414 e. The fourth-order valence-electron chi connectivity index (χ4n) is 3.44. The third-order valence-electron chi connectivity index (χ3n) is 4.94. The average molecular weight is 356 g/mol. The van der Waals surface area contributed by atoms with Crippen LogP contribution in [-0.4, -0.2) is 50.8 Å². The molecular formula is C19H24N4O3. The van der Waals surface area contributed by atoms with E-state index in [0.29, 0.717) is 25.6 Å². The molecule has 0 aliphatic carbocycles. The molecule has 26 heavy (non-hydrogen) atoms. The number of nitrogens with one attached hydrogen (secondary N) is 1. The average Bonchev–Trinajstić information content (AvgIpc) is 3.02. The highest BCUT2D eigenvalue weighted by atomic mass is 16.6. The van der Waals surface area contributed by atoms with Crippen molar-refractivity contribution in [3.05, 3.63) is 35.7 Å². The normalized spacial score (nSPS) is 20.6. The molecule has 0 spiro atoms. The molecule has 2 saturated heterocycles. The minimum Gasteiger partial charge on any atom is -0.442 e. The Morgan fingerprint density at radius 3 is 2.54 bits per heavy atom. The number of amides is 2. The summed E-state index contributed by atoms with van der Waals surface area (Å²) >= 11 is 0. The Morgan fingerprint density at radius 2 is 1.92 bits per heavy atom. The summed E-state index contributed by atoms with van der Waals surface area (Å²) in [4.78, 5) is 30.5. The molecule has 0 bridgehead atoms. The number of piperidine rings is 1. The summed E-state index contributed by atoms with van der Waals surface area (Å²) < 4.78 is 5.30. The molecule has 1 atom stereocenters. The Morgan fingerprint density at radius 1 is 1.27 bits per heavy atom. The zero-order chi connectivity index (χ0) is 18.5. The smallest absolute Gasteiger partial charge is 0.414 e. The standard InChI is InChI=1S/C19H24N4O3/c1-14(24)21-12-18-13-23(19(25)26-18)17-5-3-16(4-6-17)22-9-7-15(8-10-22)11-20-2/h3-6,15,18H,7-13H2,1H3,(H,21,24)/t18-/m0/s1. The molecule has 2 fully saturated rings. The van der Waals surface area contributed by atoms with Crippen molar-refractivity contribution in [2.75, 3.05) is 42.5 Å². The van der Waals surface area contributed by atoms with E-state index in [1.807, 2.05) is 24.3 Å². The molecule has 1 aromatic rings. The monoisotopic (exact) mass is 356 g/mol. The molecule has 2 aliphatic heterocycles. The van der Waals surface area contributed by atoms with Gasteiger partial charge in [-0.3, -0.25) is 9.69 Å². The van der Waals surface area contributed by atoms with Gasteiger partial charge in [0.05, 0.1) is 13.1 Å². The summed E-state index contributed by atoms with van der Waals surface area (Å²) in [5.41, 5.74) is 1.93. The molecule has 7 heteroatoms. The third-order valence-corrected chi connectivity index (χ3v) is 4.94. The Bertz CT molecular complexity index is 690. The van der Waals surface area contributed by atoms with Crippen molar-refractivity contribution in [1.82, 2.24) is 5.32 Å². The number of rotatable bonds is 5. The predicted octanol–water partition coefficient (Wildman–Crippen LogP) is 2.28. The summed E-state index contributed by atoms with van der Waals surface area (Å²) in [5.74, 6) is 0.381. The molecule has 2 aliphatic rings. The van der Waals surface area contributed by atoms with Crippen molar-refractivity contribution >= 4 is 23.4 Å². The van der Waals surface area contributed by atoms with Crippen LogP contribution in [0.25, 0.3) is 4.85 Å². The number of benzene rings is 1. The first-order valence-electron chi connectivity index (χ1n) is 8.97. The van der Waals surface area contributed by atoms with Gasteiger partial charge in [-0.2, -0.15) is 0 Å². The Labute approximate surface area is 153 Å². The van der Waals surface area contributed by atoms with Crippen LogP contribution in [-0.2, 0) is 9.53 Å². The molecule has 0 unspecified atom stereocenters. The van der Waals surface area contributed by atoms with E-state index < -0.39 is 0 Å². The lowest BCUT2D eigenvalue weighted by molar-refractivity contribution is -0.119. The lowest BCUT2D eigenvalue weighted by Crippen LogP contribution is -2.34. The van der Waals surface area contributed by atoms with Crippen molar-refractivity contribution in [3.63, 3.8) is 0 Å². The quantitative estimate of drug-likeness (QED) is 0.822. The Kier molecular flexibility index (Phi) is 5.61. The Hall–Kier alpha value is -2.75. The van der Waals surface area contributed by atoms with Gasteiger partial charge in [0, 0.05) is 37.3 Å². The number of ether oxygens (including phenoxy) is 1. The number of carbonyl (C=O) groups is 2. The van der Waals surface area contributed by atoms with Crippen LogP contribution in [0.3, 0.4) is 0 Å². The van der Waals surface area contributed by atoms with Gasteiger partial charge in [0.25, 0.3) is 0 Å². The van der Waals surface area contributed by atoms with Gasteiger partial charge in [0.15, 0.2) is 0 Å². The topological polar surface area (TPSA) is 66.2 Å². The maximum absolute atomic E-state index is 12.1. The molecule has 1 N–H and O–H groups in total. The van der Waals surface area contributed by atoms with Gasteiger partial charge in [-0.05, 0) is 37.1 Å². The van der Waals surface area contributed by atoms with E-state index >= 15 is 0 Å². The van der Waals surface area contributed by atoms with E-state index in [1.54, 1.807) is 4.90 Å². The highest BCUT2D eigenvalue weighted by molar-refractivity contribution is 5.90. The van der Waals surface area contributed by atoms with Crippen molar-refractivity contribution in [2.45, 2.75) is 25.9 Å². The lowest BCUT2D eigenvalue weighted by Gasteiger charge is -2.32. The van der Waals surface area contributed by atoms with E-state index in [2.05, 4.69) is 15.1 Å². The number of nitrogens with zero attached hydrogens (tertiary/aromatic N) is 3. The second-order valence-corrected chi connectivity index (χ2v) is 6.84. The largest absolute Gasteiger partial charge is 0.442 e. The van der Waals surface area contributed by atoms with E-state index in [9.17, 15) is 9.59 Å². The summed E-state index contributed by atoms with van der Waals surface area (Å²) in [6.07, 6.45) is 1.39. The molecule has 0 aromatic heterocycles. The number of anilines is 2. The van der Waals surface area contributed by atoms with Crippen LogP contribution in [0.15, 0.2) is 24.3 Å². The highest BCUT2D eigenvalue weighted by Crippen LogP contribution is 2.27. The summed E-state index contributed by atoms with van der Waals surface area (Å²) in [6.45, 7) is 11.7. The van der Waals surface area contributed by atoms with E-state index in [0.717, 1.165) is 37.3 Å². The molecule has 2 amide bonds. The van der Waals surface area contributed by atoms with Crippen molar-refractivity contribution in [3.8, 4) is 0 Å². The van der Waals surface area contributed by atoms with Crippen LogP contribution in [0.4, 0.5) is 16.2 Å². The predicted molar refractivity (Wildman–Crippen MR) is 99.1 cm³/mol. The van der Waals surface area contributed by atoms with Crippen molar-refractivity contribution < 1.29 is 14.3 Å². The van der Waals surface area contributed by atoms with Crippen LogP contribution >= 0.6 is 0 Å². The second-order valence-electron chi connectivity index (χ2n) is 6.84. The number of cyclic esters (lactones) is 1. The molecule has 7 nitrogen and oxygen atoms in total. The van der Waals surface area contributed by atoms with E-state index in [-0.39, 0.29) is 18.1 Å². The van der Waals surface area contributed by atoms with Crippen LogP contribution in [0.1, 0.15) is 19.8 Å². The summed E-state index contributed by atoms with van der Waals surface area (Å²) in [7, 11) is 0. The van der Waals surface area contributed by atoms with Gasteiger partial charge in [-0.25, -0.2) is 11.4 Å². The first kappa shape index (κ1) is 18.1. The molecule has 0 radical (unpaired) electrons. The Balaban J connectivity index is 1.57. The van der Waals surface area contributed by atoms with Crippen LogP contribution < -0.4 is 15.1 Å². The molecule has 138 valence electrons. The number of hydrogen-bond donors (Lipinski definition) is 1. The minimum atomic E-state index is -0.381. The van der Waals surface area contributed by atoms with E-state index in [1.165, 1.54) is 6.92 Å². The molecule has 3 rings (SSSR count). The van der Waals surface area contributed by atoms with Crippen LogP contribution in [0, 0.1) is 12.5 Å². The molecule has 0 saturated carbocycles. The van der Waals surface area contributed by atoms with Crippen LogP contribution in [0.5, 0.6) is 0 Å². The van der Waals surface area contributed by atoms with Crippen molar-refractivity contribution in [1.29, 1.82) is 0 Å². The molecule has 1 aromatic carbocycles. The van der Waals surface area contributed by atoms with Gasteiger partial charge in [0.2, 0.25) is 12.5 Å². The van der Waals surface area contributed by atoms with Gasteiger partial charge in [-0.1, -0.05) is 0 Å². The number of hydrogen-bond acceptors (Lipinski definition) is 4. The van der Waals surface area contributed by atoms with Gasteiger partial charge in [0.1, 0.15) is 6.10 Å². The first-order valence-corrected chi connectivity index (χ1v) is 8.97. The minimum absolute atomic E-state index is 0.135. The lowest BCUT2D eigenvalue weighted by atomic mass is 9.96. The maximum atomic E-state index is 12.1. The molecular weight excluding hydrogens is 332 g/mol. The van der Waals surface area contributed by atoms with Crippen LogP contribution in [0.2, 0.25) is 0 Å². The zero-order valence-electron chi connectivity index (χ0n) is 15.0. The summed E-state index contributed by atoms with van der Waals surface area (Å²) in [6, 6.07) is 7.92. The van der Waals surface area contributed by atoms with Gasteiger partial charge >= 0.3 is 6.09 Å². The molecule has 2 heterocycles. The second kappa shape index (κ2) is 8.09. The van der Waals surface area contributed by atoms with E-state index in [4.69, 9.17) is 11.3 Å². The third kappa shape index (κ3) is 4.26. The number of carbonyl (C=O) groups excluding carboxylic acids is 2. The summed E-state index contributed by atoms with van der Waals surface area (Å²) in [5, 5.41) is 2.68. The van der Waals surface area contributed by atoms with Crippen molar-refractivity contribution in [2.24, 2.45) is 5.92 Å². The highest BCUT2D eigenvalue weighted by Gasteiger charge is 2.32. The van der Waals surface area contributed by atoms with Gasteiger partial charge in [-0.15, -0.1) is 0 Å². The fraction of sp³-hybridized carbons (Fsp3) is 0.526. The fourth-order valence-corrected chi connectivity index (χ4v) is 3.44.